The van der Waals surface area contributed by atoms with Gasteiger partial charge in [0.15, 0.2) is 0 Å². The molecule has 0 saturated heterocycles. The molecular weight excluding hydrogens is 264 g/mol. The number of aromatic hydroxyl groups is 1. The van der Waals surface area contributed by atoms with Crippen molar-refractivity contribution in [2.45, 2.75) is 45.6 Å². The predicted octanol–water partition coefficient (Wildman–Crippen LogP) is 4.67. The molecule has 0 fully saturated rings. The summed E-state index contributed by atoms with van der Waals surface area (Å²) in [5, 5.41) is 11.9. The summed E-state index contributed by atoms with van der Waals surface area (Å²) in [5.41, 5.74) is 0.242. The quantitative estimate of drug-likeness (QED) is 0.785. The van der Waals surface area contributed by atoms with Gasteiger partial charge in [-0.05, 0) is 24.3 Å². The van der Waals surface area contributed by atoms with Gasteiger partial charge in [-0.15, -0.1) is 0 Å². The van der Waals surface area contributed by atoms with Crippen LogP contribution >= 0.6 is 0 Å². The summed E-state index contributed by atoms with van der Waals surface area (Å²) in [6.07, 6.45) is 3.59. The highest BCUT2D eigenvalue weighted by Crippen LogP contribution is 2.29. The summed E-state index contributed by atoms with van der Waals surface area (Å²) < 4.78 is 5.55. The molecule has 0 radical (unpaired) electrons. The van der Waals surface area contributed by atoms with Gasteiger partial charge in [-0.3, -0.25) is 0 Å². The van der Waals surface area contributed by atoms with Gasteiger partial charge in [-0.1, -0.05) is 57.0 Å². The molecule has 0 spiro atoms. The number of hydrogen-bond donors (Lipinski definition) is 1. The van der Waals surface area contributed by atoms with Crippen molar-refractivity contribution >= 4 is 16.7 Å². The molecular formula is C18H22O3. The molecule has 0 aliphatic heterocycles. The fourth-order valence-electron chi connectivity index (χ4n) is 2.54. The molecule has 0 aliphatic carbocycles. The highest BCUT2D eigenvalue weighted by atomic mass is 16.5. The summed E-state index contributed by atoms with van der Waals surface area (Å²) in [7, 11) is 0. The first-order chi connectivity index (χ1) is 10.2. The third-order valence-electron chi connectivity index (χ3n) is 3.62. The van der Waals surface area contributed by atoms with Crippen LogP contribution in [0.25, 0.3) is 10.8 Å². The maximum Gasteiger partial charge on any atom is 0.342 e. The smallest absolute Gasteiger partial charge is 0.342 e. The lowest BCUT2D eigenvalue weighted by Crippen LogP contribution is -2.18. The number of hydrogen-bond acceptors (Lipinski definition) is 3. The summed E-state index contributed by atoms with van der Waals surface area (Å²) in [6, 6.07) is 10.9. The Kier molecular flexibility index (Phi) is 5.20. The van der Waals surface area contributed by atoms with Crippen LogP contribution in [0.3, 0.4) is 0 Å². The van der Waals surface area contributed by atoms with Gasteiger partial charge in [0.25, 0.3) is 0 Å². The van der Waals surface area contributed by atoms with E-state index < -0.39 is 5.97 Å². The second kappa shape index (κ2) is 7.11. The summed E-state index contributed by atoms with van der Waals surface area (Å²) in [5.74, 6) is -0.435. The van der Waals surface area contributed by atoms with E-state index in [1.54, 1.807) is 12.1 Å². The fraction of sp³-hybridized carbons (Fsp3) is 0.389. The number of ether oxygens (including phenoxy) is 1. The summed E-state index contributed by atoms with van der Waals surface area (Å²) in [6.45, 7) is 4.15. The molecule has 0 heterocycles. The Balaban J connectivity index is 2.24. The van der Waals surface area contributed by atoms with E-state index in [0.29, 0.717) is 5.39 Å². The van der Waals surface area contributed by atoms with Crippen molar-refractivity contribution in [2.24, 2.45) is 0 Å². The number of carbonyl (C=O) groups excluding carboxylic acids is 1. The second-order valence-electron chi connectivity index (χ2n) is 5.29. The number of rotatable bonds is 6. The molecule has 0 aromatic heterocycles. The van der Waals surface area contributed by atoms with E-state index in [-0.39, 0.29) is 17.4 Å². The zero-order valence-corrected chi connectivity index (χ0v) is 12.6. The van der Waals surface area contributed by atoms with Crippen molar-refractivity contribution in [1.82, 2.24) is 0 Å². The summed E-state index contributed by atoms with van der Waals surface area (Å²) in [4.78, 5) is 12.3. The van der Waals surface area contributed by atoms with E-state index in [2.05, 4.69) is 13.8 Å². The largest absolute Gasteiger partial charge is 0.506 e. The molecule has 21 heavy (non-hydrogen) atoms. The van der Waals surface area contributed by atoms with Crippen molar-refractivity contribution in [2.75, 3.05) is 0 Å². The Morgan fingerprint density at radius 2 is 1.76 bits per heavy atom. The monoisotopic (exact) mass is 286 g/mol. The van der Waals surface area contributed by atoms with Crippen LogP contribution in [-0.2, 0) is 4.74 Å². The van der Waals surface area contributed by atoms with Crippen LogP contribution in [0.1, 0.15) is 49.9 Å². The first-order valence-corrected chi connectivity index (χ1v) is 7.59. The third kappa shape index (κ3) is 3.54. The van der Waals surface area contributed by atoms with Crippen LogP contribution in [0.5, 0.6) is 5.75 Å². The number of benzene rings is 2. The molecule has 0 atom stereocenters. The Morgan fingerprint density at radius 1 is 1.10 bits per heavy atom. The van der Waals surface area contributed by atoms with Crippen molar-refractivity contribution in [3.8, 4) is 5.75 Å². The van der Waals surface area contributed by atoms with Crippen LogP contribution in [-0.4, -0.2) is 17.2 Å². The average molecular weight is 286 g/mol. The highest BCUT2D eigenvalue weighted by molar-refractivity contribution is 6.01. The third-order valence-corrected chi connectivity index (χ3v) is 3.62. The SMILES string of the molecule is CCCC(CCC)OC(=O)c1ccc2ccccc2c1O. The molecule has 0 unspecified atom stereocenters. The van der Waals surface area contributed by atoms with Crippen molar-refractivity contribution in [1.29, 1.82) is 0 Å². The Morgan fingerprint density at radius 3 is 2.43 bits per heavy atom. The molecule has 3 nitrogen and oxygen atoms in total. The summed E-state index contributed by atoms with van der Waals surface area (Å²) >= 11 is 0. The van der Waals surface area contributed by atoms with E-state index in [0.717, 1.165) is 31.1 Å². The molecule has 0 bridgehead atoms. The Labute approximate surface area is 125 Å². The molecule has 3 heteroatoms. The lowest BCUT2D eigenvalue weighted by atomic mass is 10.1. The Hall–Kier alpha value is -2.03. The minimum atomic E-state index is -0.440. The van der Waals surface area contributed by atoms with Crippen LogP contribution in [0.2, 0.25) is 0 Å². The van der Waals surface area contributed by atoms with E-state index in [4.69, 9.17) is 4.74 Å². The van der Waals surface area contributed by atoms with Crippen LogP contribution in [0.4, 0.5) is 0 Å². The number of fused-ring (bicyclic) bond motifs is 1. The van der Waals surface area contributed by atoms with E-state index in [9.17, 15) is 9.90 Å². The minimum Gasteiger partial charge on any atom is -0.506 e. The molecule has 0 amide bonds. The minimum absolute atomic E-state index is 0.00449. The predicted molar refractivity (Wildman–Crippen MR) is 84.6 cm³/mol. The van der Waals surface area contributed by atoms with E-state index in [1.165, 1.54) is 0 Å². The molecule has 2 aromatic rings. The van der Waals surface area contributed by atoms with Crippen molar-refractivity contribution < 1.29 is 14.6 Å². The number of phenolic OH excluding ortho intramolecular Hbond substituents is 1. The highest BCUT2D eigenvalue weighted by Gasteiger charge is 2.19. The molecule has 0 saturated carbocycles. The van der Waals surface area contributed by atoms with Crippen LogP contribution < -0.4 is 0 Å². The Bertz CT molecular complexity index is 613. The number of esters is 1. The van der Waals surface area contributed by atoms with Crippen LogP contribution in [0.15, 0.2) is 36.4 Å². The maximum atomic E-state index is 12.3. The van der Waals surface area contributed by atoms with Gasteiger partial charge >= 0.3 is 5.97 Å². The molecule has 1 N–H and O–H groups in total. The first-order valence-electron chi connectivity index (χ1n) is 7.59. The van der Waals surface area contributed by atoms with Crippen molar-refractivity contribution in [3.63, 3.8) is 0 Å². The van der Waals surface area contributed by atoms with Crippen molar-refractivity contribution in [3.05, 3.63) is 42.0 Å². The van der Waals surface area contributed by atoms with E-state index >= 15 is 0 Å². The topological polar surface area (TPSA) is 46.5 Å². The molecule has 112 valence electrons. The van der Waals surface area contributed by atoms with Gasteiger partial charge in [0, 0.05) is 5.39 Å². The van der Waals surface area contributed by atoms with Gasteiger partial charge in [0.1, 0.15) is 17.4 Å². The second-order valence-corrected chi connectivity index (χ2v) is 5.29. The normalized spacial score (nSPS) is 11.0. The number of carbonyl (C=O) groups is 1. The first kappa shape index (κ1) is 15.4. The fourth-order valence-corrected chi connectivity index (χ4v) is 2.54. The van der Waals surface area contributed by atoms with Crippen LogP contribution in [0, 0.1) is 0 Å². The average Bonchev–Trinajstić information content (AvgIpc) is 2.48. The molecule has 2 aromatic carbocycles. The van der Waals surface area contributed by atoms with Gasteiger partial charge in [-0.2, -0.15) is 0 Å². The molecule has 2 rings (SSSR count). The zero-order chi connectivity index (χ0) is 15.2. The van der Waals surface area contributed by atoms with Gasteiger partial charge in [-0.25, -0.2) is 4.79 Å². The lowest BCUT2D eigenvalue weighted by molar-refractivity contribution is 0.0256. The maximum absolute atomic E-state index is 12.3. The standard InChI is InChI=1S/C18H22O3/c1-3-7-14(8-4-2)21-18(20)16-12-11-13-9-5-6-10-15(13)17(16)19/h5-6,9-12,14,19H,3-4,7-8H2,1-2H3. The van der Waals surface area contributed by atoms with Gasteiger partial charge < -0.3 is 9.84 Å². The van der Waals surface area contributed by atoms with Gasteiger partial charge in [0.05, 0.1) is 0 Å². The number of phenols is 1. The molecule has 0 aliphatic rings. The zero-order valence-electron chi connectivity index (χ0n) is 12.6. The van der Waals surface area contributed by atoms with E-state index in [1.807, 2.05) is 24.3 Å². The lowest BCUT2D eigenvalue weighted by Gasteiger charge is -2.17. The van der Waals surface area contributed by atoms with Gasteiger partial charge in [0.2, 0.25) is 0 Å².